The average Bonchev–Trinajstić information content (AvgIpc) is 3.11. The van der Waals surface area contributed by atoms with Gasteiger partial charge in [-0.15, -0.1) is 23.1 Å². The molecule has 0 saturated heterocycles. The van der Waals surface area contributed by atoms with Crippen molar-refractivity contribution in [2.45, 2.75) is 25.2 Å². The van der Waals surface area contributed by atoms with Gasteiger partial charge in [-0.1, -0.05) is 42.5 Å². The summed E-state index contributed by atoms with van der Waals surface area (Å²) in [6, 6.07) is 18.3. The van der Waals surface area contributed by atoms with Gasteiger partial charge in [-0.2, -0.15) is 0 Å². The maximum atomic E-state index is 11.9. The first-order valence-corrected chi connectivity index (χ1v) is 11.0. The number of benzene rings is 2. The van der Waals surface area contributed by atoms with Crippen molar-refractivity contribution in [2.24, 2.45) is 0 Å². The molecule has 0 spiro atoms. The van der Waals surface area contributed by atoms with Crippen molar-refractivity contribution in [3.8, 4) is 0 Å². The summed E-state index contributed by atoms with van der Waals surface area (Å²) in [6.07, 6.45) is 0.886. The van der Waals surface area contributed by atoms with E-state index in [1.165, 1.54) is 10.3 Å². The van der Waals surface area contributed by atoms with Gasteiger partial charge in [0, 0.05) is 18.9 Å². The zero-order chi connectivity index (χ0) is 18.9. The maximum absolute atomic E-state index is 11.9. The number of hydrogen-bond donors (Lipinski definition) is 1. The normalized spacial score (nSPS) is 12.2. The molecule has 3 aromatic rings. The van der Waals surface area contributed by atoms with E-state index >= 15 is 0 Å². The highest BCUT2D eigenvalue weighted by Crippen LogP contribution is 2.24. The summed E-state index contributed by atoms with van der Waals surface area (Å²) in [4.78, 5) is 16.5. The number of thioether (sulfide) groups is 1. The summed E-state index contributed by atoms with van der Waals surface area (Å²) in [7, 11) is 0. The van der Waals surface area contributed by atoms with Crippen LogP contribution in [0.25, 0.3) is 10.2 Å². The molecule has 142 valence electrons. The van der Waals surface area contributed by atoms with Crippen LogP contribution >= 0.6 is 23.1 Å². The standard InChI is InChI=1S/C21H24N2O2S2/c1-16(17-8-3-2-4-9-17)25-13-7-12-22-20(24)14-26-15-21-23-18-10-5-6-11-19(18)27-21/h2-6,8-11,16H,7,12-15H2,1H3,(H,22,24). The predicted molar refractivity (Wildman–Crippen MR) is 114 cm³/mol. The van der Waals surface area contributed by atoms with Crippen molar-refractivity contribution in [1.82, 2.24) is 10.3 Å². The Kier molecular flexibility index (Phi) is 7.68. The fourth-order valence-corrected chi connectivity index (χ4v) is 4.52. The minimum absolute atomic E-state index is 0.0669. The number of nitrogens with zero attached hydrogens (tertiary/aromatic N) is 1. The van der Waals surface area contributed by atoms with Gasteiger partial charge in [0.15, 0.2) is 0 Å². The largest absolute Gasteiger partial charge is 0.374 e. The Balaban J connectivity index is 1.26. The Labute approximate surface area is 168 Å². The van der Waals surface area contributed by atoms with E-state index in [1.54, 1.807) is 23.1 Å². The second-order valence-electron chi connectivity index (χ2n) is 6.20. The van der Waals surface area contributed by atoms with Crippen LogP contribution < -0.4 is 5.32 Å². The second-order valence-corrected chi connectivity index (χ2v) is 8.30. The molecule has 27 heavy (non-hydrogen) atoms. The van der Waals surface area contributed by atoms with Crippen LogP contribution in [-0.4, -0.2) is 29.8 Å². The molecule has 0 aliphatic rings. The number of rotatable bonds is 10. The molecule has 1 heterocycles. The van der Waals surface area contributed by atoms with E-state index in [0.29, 0.717) is 18.9 Å². The van der Waals surface area contributed by atoms with Crippen LogP contribution in [0, 0.1) is 0 Å². The van der Waals surface area contributed by atoms with E-state index in [1.807, 2.05) is 43.3 Å². The number of para-hydroxylation sites is 1. The van der Waals surface area contributed by atoms with Gasteiger partial charge >= 0.3 is 0 Å². The smallest absolute Gasteiger partial charge is 0.230 e. The van der Waals surface area contributed by atoms with E-state index in [4.69, 9.17) is 4.74 Å². The molecule has 3 rings (SSSR count). The lowest BCUT2D eigenvalue weighted by atomic mass is 10.1. The molecule has 0 bridgehead atoms. The van der Waals surface area contributed by atoms with Crippen LogP contribution in [0.15, 0.2) is 54.6 Å². The summed E-state index contributed by atoms with van der Waals surface area (Å²) in [6.45, 7) is 3.32. The van der Waals surface area contributed by atoms with Gasteiger partial charge in [0.05, 0.1) is 22.1 Å². The molecule has 2 aromatic carbocycles. The fourth-order valence-electron chi connectivity index (χ4n) is 2.64. The molecule has 0 aliphatic heterocycles. The third-order valence-electron chi connectivity index (χ3n) is 4.08. The van der Waals surface area contributed by atoms with E-state index in [2.05, 4.69) is 28.5 Å². The zero-order valence-electron chi connectivity index (χ0n) is 15.4. The van der Waals surface area contributed by atoms with Gasteiger partial charge in [0.25, 0.3) is 0 Å². The molecule has 1 N–H and O–H groups in total. The molecule has 0 radical (unpaired) electrons. The molecule has 1 aromatic heterocycles. The summed E-state index contributed by atoms with van der Waals surface area (Å²) in [5, 5.41) is 4.02. The van der Waals surface area contributed by atoms with Crippen LogP contribution in [0.3, 0.4) is 0 Å². The number of ether oxygens (including phenoxy) is 1. The summed E-state index contributed by atoms with van der Waals surface area (Å²) in [5.41, 5.74) is 2.21. The van der Waals surface area contributed by atoms with Gasteiger partial charge in [0.1, 0.15) is 5.01 Å². The Morgan fingerprint density at radius 3 is 2.78 bits per heavy atom. The van der Waals surface area contributed by atoms with Crippen molar-refractivity contribution in [1.29, 1.82) is 0 Å². The first kappa shape index (κ1) is 19.9. The number of amides is 1. The lowest BCUT2D eigenvalue weighted by Gasteiger charge is -2.13. The summed E-state index contributed by atoms with van der Waals surface area (Å²) >= 11 is 3.29. The molecular formula is C21H24N2O2S2. The number of fused-ring (bicyclic) bond motifs is 1. The second kappa shape index (κ2) is 10.4. The van der Waals surface area contributed by atoms with Gasteiger partial charge < -0.3 is 10.1 Å². The SMILES string of the molecule is CC(OCCCNC(=O)CSCc1nc2ccccc2s1)c1ccccc1. The Hall–Kier alpha value is -1.89. The van der Waals surface area contributed by atoms with E-state index in [-0.39, 0.29) is 12.0 Å². The number of carbonyl (C=O) groups is 1. The highest BCUT2D eigenvalue weighted by molar-refractivity contribution is 7.99. The highest BCUT2D eigenvalue weighted by atomic mass is 32.2. The molecule has 1 amide bonds. The van der Waals surface area contributed by atoms with E-state index in [9.17, 15) is 4.79 Å². The van der Waals surface area contributed by atoms with Crippen LogP contribution in [0.1, 0.15) is 30.0 Å². The third kappa shape index (κ3) is 6.34. The first-order valence-electron chi connectivity index (χ1n) is 9.08. The fraction of sp³-hybridized carbons (Fsp3) is 0.333. The van der Waals surface area contributed by atoms with Crippen LogP contribution in [-0.2, 0) is 15.3 Å². The summed E-state index contributed by atoms with van der Waals surface area (Å²) in [5.74, 6) is 1.29. The molecule has 0 aliphatic carbocycles. The molecule has 4 nitrogen and oxygen atoms in total. The average molecular weight is 401 g/mol. The first-order chi connectivity index (χ1) is 13.2. The number of carbonyl (C=O) groups excluding carboxylic acids is 1. The Bertz CT molecular complexity index is 819. The van der Waals surface area contributed by atoms with Crippen molar-refractivity contribution in [3.63, 3.8) is 0 Å². The minimum atomic E-state index is 0.0669. The number of thiazole rings is 1. The highest BCUT2D eigenvalue weighted by Gasteiger charge is 2.07. The zero-order valence-corrected chi connectivity index (χ0v) is 17.0. The van der Waals surface area contributed by atoms with Crippen LogP contribution in [0.5, 0.6) is 0 Å². The van der Waals surface area contributed by atoms with Gasteiger partial charge in [-0.3, -0.25) is 4.79 Å². The molecule has 6 heteroatoms. The lowest BCUT2D eigenvalue weighted by Crippen LogP contribution is -2.27. The van der Waals surface area contributed by atoms with E-state index in [0.717, 1.165) is 22.7 Å². The number of nitrogens with one attached hydrogen (secondary N) is 1. The van der Waals surface area contributed by atoms with Crippen molar-refractivity contribution in [2.75, 3.05) is 18.9 Å². The van der Waals surface area contributed by atoms with E-state index < -0.39 is 0 Å². The van der Waals surface area contributed by atoms with Gasteiger partial charge in [-0.25, -0.2) is 4.98 Å². The minimum Gasteiger partial charge on any atom is -0.374 e. The maximum Gasteiger partial charge on any atom is 0.230 e. The molecule has 0 fully saturated rings. The van der Waals surface area contributed by atoms with Crippen molar-refractivity contribution < 1.29 is 9.53 Å². The Morgan fingerprint density at radius 2 is 1.96 bits per heavy atom. The molecule has 1 unspecified atom stereocenters. The summed E-state index contributed by atoms with van der Waals surface area (Å²) < 4.78 is 7.01. The molecule has 0 saturated carbocycles. The molecule has 1 atom stereocenters. The monoisotopic (exact) mass is 400 g/mol. The number of aromatic nitrogens is 1. The van der Waals surface area contributed by atoms with Crippen LogP contribution in [0.2, 0.25) is 0 Å². The van der Waals surface area contributed by atoms with Crippen molar-refractivity contribution >= 4 is 39.2 Å². The van der Waals surface area contributed by atoms with Crippen molar-refractivity contribution in [3.05, 3.63) is 65.2 Å². The van der Waals surface area contributed by atoms with Crippen LogP contribution in [0.4, 0.5) is 0 Å². The number of hydrogen-bond acceptors (Lipinski definition) is 5. The topological polar surface area (TPSA) is 51.2 Å². The predicted octanol–water partition coefficient (Wildman–Crippen LogP) is 4.81. The van der Waals surface area contributed by atoms with Gasteiger partial charge in [-0.05, 0) is 31.0 Å². The molecular weight excluding hydrogens is 376 g/mol. The third-order valence-corrected chi connectivity index (χ3v) is 6.24. The Morgan fingerprint density at radius 1 is 1.19 bits per heavy atom. The van der Waals surface area contributed by atoms with Gasteiger partial charge in [0.2, 0.25) is 5.91 Å². The quantitative estimate of drug-likeness (QED) is 0.496. The lowest BCUT2D eigenvalue weighted by molar-refractivity contribution is -0.118.